The van der Waals surface area contributed by atoms with Gasteiger partial charge < -0.3 is 15.3 Å². The lowest BCUT2D eigenvalue weighted by Crippen LogP contribution is -2.59. The van der Waals surface area contributed by atoms with Crippen LogP contribution >= 0.6 is 0 Å². The van der Waals surface area contributed by atoms with Crippen LogP contribution in [0.1, 0.15) is 51.5 Å². The highest BCUT2D eigenvalue weighted by atomic mass is 19.2. The van der Waals surface area contributed by atoms with Crippen molar-refractivity contribution >= 4 is 5.91 Å². The molecule has 3 rings (SSSR count). The van der Waals surface area contributed by atoms with Crippen LogP contribution in [0, 0.1) is 17.6 Å². The van der Waals surface area contributed by atoms with E-state index in [4.69, 9.17) is 0 Å². The van der Waals surface area contributed by atoms with Crippen LogP contribution in [0.5, 0.6) is 0 Å². The quantitative estimate of drug-likeness (QED) is 0.780. The van der Waals surface area contributed by atoms with E-state index in [-0.39, 0.29) is 24.5 Å². The second kappa shape index (κ2) is 7.24. The van der Waals surface area contributed by atoms with Crippen molar-refractivity contribution in [3.63, 3.8) is 0 Å². The molecule has 1 aromatic rings. The van der Waals surface area contributed by atoms with E-state index in [0.29, 0.717) is 30.9 Å². The molecule has 1 aliphatic carbocycles. The third kappa shape index (κ3) is 4.23. The number of β-amino-alcohol motifs (C(OH)–C–C–N with tert-alkyl or cyclic N) is 1. The van der Waals surface area contributed by atoms with Crippen LogP contribution in [0.3, 0.4) is 0 Å². The summed E-state index contributed by atoms with van der Waals surface area (Å²) >= 11 is 0. The second-order valence-corrected chi connectivity index (χ2v) is 8.34. The molecule has 2 aliphatic rings. The van der Waals surface area contributed by atoms with Crippen LogP contribution in [-0.4, -0.2) is 40.1 Å². The number of benzene rings is 1. The number of carbonyl (C=O) groups excluding carboxylic acids is 1. The van der Waals surface area contributed by atoms with Crippen molar-refractivity contribution in [2.75, 3.05) is 13.1 Å². The van der Waals surface area contributed by atoms with Crippen molar-refractivity contribution in [1.82, 2.24) is 10.2 Å². The van der Waals surface area contributed by atoms with Gasteiger partial charge >= 0.3 is 0 Å². The SMILES string of the molecule is CC(C)CC1(NCC2(O)CCCN(Cc3ccc(F)c(F)c3)C2=O)CC1. The number of amides is 1. The Kier molecular flexibility index (Phi) is 5.35. The van der Waals surface area contributed by atoms with Crippen LogP contribution in [0.4, 0.5) is 8.78 Å². The zero-order chi connectivity index (χ0) is 18.9. The molecule has 1 saturated heterocycles. The smallest absolute Gasteiger partial charge is 0.256 e. The average Bonchev–Trinajstić information content (AvgIpc) is 3.33. The van der Waals surface area contributed by atoms with E-state index in [0.717, 1.165) is 31.4 Å². The number of nitrogens with one attached hydrogen (secondary N) is 1. The second-order valence-electron chi connectivity index (χ2n) is 8.34. The minimum Gasteiger partial charge on any atom is -0.379 e. The van der Waals surface area contributed by atoms with E-state index < -0.39 is 17.2 Å². The molecular weight excluding hydrogens is 338 g/mol. The average molecular weight is 366 g/mol. The van der Waals surface area contributed by atoms with Crippen molar-refractivity contribution in [3.8, 4) is 0 Å². The summed E-state index contributed by atoms with van der Waals surface area (Å²) in [5.41, 5.74) is -0.844. The molecule has 26 heavy (non-hydrogen) atoms. The summed E-state index contributed by atoms with van der Waals surface area (Å²) < 4.78 is 26.5. The Morgan fingerprint density at radius 1 is 1.23 bits per heavy atom. The molecular formula is C20H28F2N2O2. The summed E-state index contributed by atoms with van der Waals surface area (Å²) in [6.07, 6.45) is 4.30. The number of rotatable bonds is 7. The minimum atomic E-state index is -1.43. The normalized spacial score (nSPS) is 25.0. The standard InChI is InChI=1S/C20H28F2N2O2/c1-14(2)11-19(7-8-19)23-13-20(26)6-3-9-24(18(20)25)12-15-4-5-16(21)17(22)10-15/h4-5,10,14,23,26H,3,6-9,11-13H2,1-2H3. The number of likely N-dealkylation sites (tertiary alicyclic amines) is 1. The van der Waals surface area contributed by atoms with E-state index >= 15 is 0 Å². The fourth-order valence-electron chi connectivity index (χ4n) is 3.96. The number of carbonyl (C=O) groups is 1. The molecule has 0 aromatic heterocycles. The third-order valence-electron chi connectivity index (χ3n) is 5.47. The Balaban J connectivity index is 1.63. The summed E-state index contributed by atoms with van der Waals surface area (Å²) in [6, 6.07) is 3.64. The Morgan fingerprint density at radius 2 is 1.96 bits per heavy atom. The molecule has 144 valence electrons. The van der Waals surface area contributed by atoms with Crippen molar-refractivity contribution in [2.24, 2.45) is 5.92 Å². The van der Waals surface area contributed by atoms with Crippen LogP contribution < -0.4 is 5.32 Å². The minimum absolute atomic E-state index is 0.0620. The zero-order valence-corrected chi connectivity index (χ0v) is 15.5. The molecule has 0 spiro atoms. The maximum Gasteiger partial charge on any atom is 0.256 e. The molecule has 1 atom stereocenters. The first-order chi connectivity index (χ1) is 12.2. The van der Waals surface area contributed by atoms with E-state index in [1.165, 1.54) is 6.07 Å². The van der Waals surface area contributed by atoms with Crippen LogP contribution in [0.2, 0.25) is 0 Å². The van der Waals surface area contributed by atoms with Gasteiger partial charge in [0.05, 0.1) is 0 Å². The topological polar surface area (TPSA) is 52.6 Å². The molecule has 1 unspecified atom stereocenters. The Labute approximate surface area is 153 Å². The highest BCUT2D eigenvalue weighted by Gasteiger charge is 2.47. The molecule has 1 amide bonds. The first-order valence-corrected chi connectivity index (χ1v) is 9.44. The molecule has 1 saturated carbocycles. The van der Waals surface area contributed by atoms with E-state index in [1.807, 2.05) is 0 Å². The Morgan fingerprint density at radius 3 is 2.58 bits per heavy atom. The van der Waals surface area contributed by atoms with Crippen molar-refractivity contribution < 1.29 is 18.7 Å². The van der Waals surface area contributed by atoms with E-state index in [1.54, 1.807) is 4.90 Å². The van der Waals surface area contributed by atoms with Crippen molar-refractivity contribution in [2.45, 2.75) is 63.6 Å². The number of halogens is 2. The molecule has 0 radical (unpaired) electrons. The summed E-state index contributed by atoms with van der Waals surface area (Å²) in [4.78, 5) is 14.4. The van der Waals surface area contributed by atoms with Gasteiger partial charge in [-0.1, -0.05) is 19.9 Å². The van der Waals surface area contributed by atoms with E-state index in [2.05, 4.69) is 19.2 Å². The molecule has 1 heterocycles. The Bertz CT molecular complexity index is 676. The highest BCUT2D eigenvalue weighted by molar-refractivity contribution is 5.86. The zero-order valence-electron chi connectivity index (χ0n) is 15.5. The number of aliphatic hydroxyl groups is 1. The predicted molar refractivity (Wildman–Crippen MR) is 95.4 cm³/mol. The van der Waals surface area contributed by atoms with Crippen molar-refractivity contribution in [3.05, 3.63) is 35.4 Å². The van der Waals surface area contributed by atoms with Crippen molar-refractivity contribution in [1.29, 1.82) is 0 Å². The molecule has 1 aliphatic heterocycles. The lowest BCUT2D eigenvalue weighted by Gasteiger charge is -2.39. The van der Waals surface area contributed by atoms with Crippen LogP contribution in [-0.2, 0) is 11.3 Å². The third-order valence-corrected chi connectivity index (χ3v) is 5.47. The van der Waals surface area contributed by atoms with Gasteiger partial charge in [0.25, 0.3) is 5.91 Å². The van der Waals surface area contributed by atoms with Gasteiger partial charge in [0.1, 0.15) is 0 Å². The van der Waals surface area contributed by atoms with Gasteiger partial charge in [-0.05, 0) is 55.7 Å². The summed E-state index contributed by atoms with van der Waals surface area (Å²) in [6.45, 7) is 5.27. The summed E-state index contributed by atoms with van der Waals surface area (Å²) in [7, 11) is 0. The van der Waals surface area contributed by atoms with Gasteiger partial charge in [0.15, 0.2) is 17.2 Å². The molecule has 0 bridgehead atoms. The lowest BCUT2D eigenvalue weighted by molar-refractivity contribution is -0.157. The number of hydrogen-bond donors (Lipinski definition) is 2. The fraction of sp³-hybridized carbons (Fsp3) is 0.650. The predicted octanol–water partition coefficient (Wildman–Crippen LogP) is 2.99. The van der Waals surface area contributed by atoms with E-state index in [9.17, 15) is 18.7 Å². The van der Waals surface area contributed by atoms with Gasteiger partial charge in [-0.25, -0.2) is 8.78 Å². The highest BCUT2D eigenvalue weighted by Crippen LogP contribution is 2.41. The van der Waals surface area contributed by atoms with Gasteiger partial charge in [-0.15, -0.1) is 0 Å². The molecule has 2 N–H and O–H groups in total. The number of nitrogens with zero attached hydrogens (tertiary/aromatic N) is 1. The molecule has 6 heteroatoms. The fourth-order valence-corrected chi connectivity index (χ4v) is 3.96. The van der Waals surface area contributed by atoms with Gasteiger partial charge in [-0.2, -0.15) is 0 Å². The number of hydrogen-bond acceptors (Lipinski definition) is 3. The first kappa shape index (κ1) is 19.2. The van der Waals surface area contributed by atoms with Gasteiger partial charge in [0.2, 0.25) is 0 Å². The van der Waals surface area contributed by atoms with Crippen LogP contribution in [0.15, 0.2) is 18.2 Å². The largest absolute Gasteiger partial charge is 0.379 e. The van der Waals surface area contributed by atoms with Gasteiger partial charge in [-0.3, -0.25) is 4.79 Å². The monoisotopic (exact) mass is 366 g/mol. The lowest BCUT2D eigenvalue weighted by atomic mass is 9.90. The molecule has 1 aromatic carbocycles. The Hall–Kier alpha value is -1.53. The van der Waals surface area contributed by atoms with Crippen LogP contribution in [0.25, 0.3) is 0 Å². The number of piperidine rings is 1. The summed E-state index contributed by atoms with van der Waals surface area (Å²) in [5, 5.41) is 14.4. The molecule has 4 nitrogen and oxygen atoms in total. The molecule has 2 fully saturated rings. The van der Waals surface area contributed by atoms with Gasteiger partial charge in [0, 0.05) is 25.2 Å². The maximum absolute atomic E-state index is 13.4. The first-order valence-electron chi connectivity index (χ1n) is 9.44. The summed E-state index contributed by atoms with van der Waals surface area (Å²) in [5.74, 6) is -1.60. The maximum atomic E-state index is 13.4.